The predicted octanol–water partition coefficient (Wildman–Crippen LogP) is 2.32. The second kappa shape index (κ2) is 7.12. The van der Waals surface area contributed by atoms with Crippen molar-refractivity contribution in [2.75, 3.05) is 19.6 Å². The Morgan fingerprint density at radius 3 is 2.60 bits per heavy atom. The van der Waals surface area contributed by atoms with Crippen LogP contribution in [-0.4, -0.2) is 30.4 Å². The Balaban J connectivity index is 2.28. The molecule has 1 fully saturated rings. The fourth-order valence-corrected chi connectivity index (χ4v) is 2.54. The summed E-state index contributed by atoms with van der Waals surface area (Å²) in [6.07, 6.45) is 4.64. The van der Waals surface area contributed by atoms with Crippen LogP contribution in [-0.2, 0) is 0 Å². The monoisotopic (exact) mass is 270 g/mol. The minimum atomic E-state index is 0.105. The second-order valence-corrected chi connectivity index (χ2v) is 5.26. The van der Waals surface area contributed by atoms with E-state index in [4.69, 9.17) is 5.73 Å². The Morgan fingerprint density at radius 2 is 1.95 bits per heavy atom. The molecule has 0 aliphatic carbocycles. The number of aryl methyl sites for hydroxylation is 1. The van der Waals surface area contributed by atoms with Gasteiger partial charge in [0.15, 0.2) is 0 Å². The zero-order chi connectivity index (χ0) is 14.4. The Hall–Kier alpha value is -1.79. The minimum Gasteiger partial charge on any atom is -0.339 e. The third-order valence-corrected chi connectivity index (χ3v) is 3.62. The molecule has 1 saturated heterocycles. The number of rotatable bonds is 1. The van der Waals surface area contributed by atoms with Crippen LogP contribution in [0.4, 0.5) is 0 Å². The average molecular weight is 270 g/mol. The van der Waals surface area contributed by atoms with Gasteiger partial charge in [0.2, 0.25) is 0 Å². The Bertz CT molecular complexity index is 532. The lowest BCUT2D eigenvalue weighted by Gasteiger charge is -2.21. The predicted molar refractivity (Wildman–Crippen MR) is 81.5 cm³/mol. The van der Waals surface area contributed by atoms with E-state index >= 15 is 0 Å². The highest BCUT2D eigenvalue weighted by molar-refractivity contribution is 5.96. The number of benzene rings is 1. The largest absolute Gasteiger partial charge is 0.339 e. The summed E-state index contributed by atoms with van der Waals surface area (Å²) in [6.45, 7) is 4.03. The number of hydrogen-bond acceptors (Lipinski definition) is 2. The Kier molecular flexibility index (Phi) is 5.20. The van der Waals surface area contributed by atoms with Gasteiger partial charge in [-0.3, -0.25) is 4.79 Å². The van der Waals surface area contributed by atoms with Gasteiger partial charge in [-0.1, -0.05) is 30.7 Å². The standard InChI is InChI=1S/C17H22N2O/c1-14-8-9-16(15(13-14)7-6-10-18)17(20)19-11-4-2-3-5-12-19/h8-9,13H,2-5,10-12,18H2,1H3. The first-order chi connectivity index (χ1) is 9.72. The highest BCUT2D eigenvalue weighted by Crippen LogP contribution is 2.17. The van der Waals surface area contributed by atoms with E-state index in [0.29, 0.717) is 12.1 Å². The van der Waals surface area contributed by atoms with E-state index in [2.05, 4.69) is 11.8 Å². The van der Waals surface area contributed by atoms with Crippen LogP contribution in [0, 0.1) is 18.8 Å². The molecular formula is C17H22N2O. The summed E-state index contributed by atoms with van der Waals surface area (Å²) in [5.74, 6) is 5.98. The van der Waals surface area contributed by atoms with Crippen molar-refractivity contribution >= 4 is 5.91 Å². The average Bonchev–Trinajstić information content (AvgIpc) is 2.73. The van der Waals surface area contributed by atoms with Crippen molar-refractivity contribution in [1.29, 1.82) is 0 Å². The first-order valence-corrected chi connectivity index (χ1v) is 7.31. The van der Waals surface area contributed by atoms with E-state index in [1.807, 2.05) is 30.0 Å². The highest BCUT2D eigenvalue weighted by atomic mass is 16.2. The molecular weight excluding hydrogens is 248 g/mol. The lowest BCUT2D eigenvalue weighted by molar-refractivity contribution is 0.0761. The number of nitrogens with two attached hydrogens (primary N) is 1. The second-order valence-electron chi connectivity index (χ2n) is 5.26. The molecule has 0 atom stereocenters. The van der Waals surface area contributed by atoms with Crippen molar-refractivity contribution in [2.24, 2.45) is 5.73 Å². The zero-order valence-electron chi connectivity index (χ0n) is 12.1. The van der Waals surface area contributed by atoms with Crippen LogP contribution < -0.4 is 5.73 Å². The topological polar surface area (TPSA) is 46.3 Å². The van der Waals surface area contributed by atoms with E-state index in [1.165, 1.54) is 12.8 Å². The van der Waals surface area contributed by atoms with Gasteiger partial charge in [-0.25, -0.2) is 0 Å². The fraction of sp³-hybridized carbons (Fsp3) is 0.471. The van der Waals surface area contributed by atoms with Gasteiger partial charge in [-0.05, 0) is 37.5 Å². The number of amides is 1. The van der Waals surface area contributed by atoms with Gasteiger partial charge in [0, 0.05) is 18.7 Å². The molecule has 2 N–H and O–H groups in total. The molecule has 1 aliphatic heterocycles. The molecule has 1 aromatic rings. The smallest absolute Gasteiger partial charge is 0.255 e. The molecule has 0 unspecified atom stereocenters. The molecule has 3 heteroatoms. The maximum Gasteiger partial charge on any atom is 0.255 e. The lowest BCUT2D eigenvalue weighted by Crippen LogP contribution is -2.32. The normalized spacial score (nSPS) is 15.2. The molecule has 0 bridgehead atoms. The molecule has 0 spiro atoms. The van der Waals surface area contributed by atoms with Crippen LogP contribution in [0.25, 0.3) is 0 Å². The van der Waals surface area contributed by atoms with Crippen molar-refractivity contribution in [1.82, 2.24) is 4.90 Å². The van der Waals surface area contributed by atoms with Crippen LogP contribution >= 0.6 is 0 Å². The third kappa shape index (κ3) is 3.61. The summed E-state index contributed by atoms with van der Waals surface area (Å²) in [7, 11) is 0. The first-order valence-electron chi connectivity index (χ1n) is 7.31. The molecule has 1 heterocycles. The third-order valence-electron chi connectivity index (χ3n) is 3.62. The quantitative estimate of drug-likeness (QED) is 0.796. The van der Waals surface area contributed by atoms with E-state index in [-0.39, 0.29) is 5.91 Å². The SMILES string of the molecule is Cc1ccc(C(=O)N2CCCCCC2)c(C#CCN)c1. The van der Waals surface area contributed by atoms with E-state index in [1.54, 1.807) is 0 Å². The Morgan fingerprint density at radius 1 is 1.25 bits per heavy atom. The molecule has 3 nitrogen and oxygen atoms in total. The van der Waals surface area contributed by atoms with Crippen LogP contribution in [0.1, 0.15) is 47.2 Å². The molecule has 0 saturated carbocycles. The molecule has 106 valence electrons. The van der Waals surface area contributed by atoms with Gasteiger partial charge >= 0.3 is 0 Å². The number of hydrogen-bond donors (Lipinski definition) is 1. The molecule has 0 radical (unpaired) electrons. The van der Waals surface area contributed by atoms with Gasteiger partial charge in [0.05, 0.1) is 12.1 Å². The van der Waals surface area contributed by atoms with Crippen molar-refractivity contribution < 1.29 is 4.79 Å². The summed E-state index contributed by atoms with van der Waals surface area (Å²) in [6, 6.07) is 5.83. The fourth-order valence-electron chi connectivity index (χ4n) is 2.54. The lowest BCUT2D eigenvalue weighted by atomic mass is 10.0. The van der Waals surface area contributed by atoms with Gasteiger partial charge in [0.25, 0.3) is 5.91 Å². The molecule has 1 amide bonds. The summed E-state index contributed by atoms with van der Waals surface area (Å²) in [4.78, 5) is 14.6. The van der Waals surface area contributed by atoms with Crippen molar-refractivity contribution in [3.05, 3.63) is 34.9 Å². The van der Waals surface area contributed by atoms with E-state index in [0.717, 1.165) is 37.1 Å². The summed E-state index contributed by atoms with van der Waals surface area (Å²) in [5.41, 5.74) is 8.05. The van der Waals surface area contributed by atoms with Crippen LogP contribution in [0.5, 0.6) is 0 Å². The summed E-state index contributed by atoms with van der Waals surface area (Å²) < 4.78 is 0. The van der Waals surface area contributed by atoms with Crippen LogP contribution in [0.3, 0.4) is 0 Å². The maximum atomic E-state index is 12.7. The number of carbonyl (C=O) groups excluding carboxylic acids is 1. The van der Waals surface area contributed by atoms with Gasteiger partial charge in [-0.2, -0.15) is 0 Å². The van der Waals surface area contributed by atoms with Crippen molar-refractivity contribution in [2.45, 2.75) is 32.6 Å². The Labute approximate surface area is 121 Å². The maximum absolute atomic E-state index is 12.7. The first kappa shape index (κ1) is 14.6. The van der Waals surface area contributed by atoms with Gasteiger partial charge < -0.3 is 10.6 Å². The van der Waals surface area contributed by atoms with Crippen LogP contribution in [0.15, 0.2) is 18.2 Å². The number of nitrogens with zero attached hydrogens (tertiary/aromatic N) is 1. The van der Waals surface area contributed by atoms with Crippen molar-refractivity contribution in [3.8, 4) is 11.8 Å². The molecule has 20 heavy (non-hydrogen) atoms. The minimum absolute atomic E-state index is 0.105. The highest BCUT2D eigenvalue weighted by Gasteiger charge is 2.19. The van der Waals surface area contributed by atoms with Gasteiger partial charge in [-0.15, -0.1) is 0 Å². The van der Waals surface area contributed by atoms with E-state index in [9.17, 15) is 4.79 Å². The van der Waals surface area contributed by atoms with Crippen LogP contribution in [0.2, 0.25) is 0 Å². The van der Waals surface area contributed by atoms with Crippen molar-refractivity contribution in [3.63, 3.8) is 0 Å². The molecule has 1 aromatic carbocycles. The molecule has 2 rings (SSSR count). The summed E-state index contributed by atoms with van der Waals surface area (Å²) in [5, 5.41) is 0. The van der Waals surface area contributed by atoms with E-state index < -0.39 is 0 Å². The van der Waals surface area contributed by atoms with Gasteiger partial charge in [0.1, 0.15) is 0 Å². The molecule has 1 aliphatic rings. The number of carbonyl (C=O) groups is 1. The zero-order valence-corrected chi connectivity index (χ0v) is 12.1. The number of likely N-dealkylation sites (tertiary alicyclic amines) is 1. The summed E-state index contributed by atoms with van der Waals surface area (Å²) >= 11 is 0. The molecule has 0 aromatic heterocycles.